The van der Waals surface area contributed by atoms with Gasteiger partial charge in [-0.1, -0.05) is 47.5 Å². The largest absolute Gasteiger partial charge is 0.451 e. The fourth-order valence-corrected chi connectivity index (χ4v) is 8.49. The molecule has 0 N–H and O–H groups in total. The van der Waals surface area contributed by atoms with Crippen molar-refractivity contribution in [2.45, 2.75) is 75.9 Å². The third kappa shape index (κ3) is 2.52. The lowest BCUT2D eigenvalue weighted by molar-refractivity contribution is -0.187. The molecule has 7 atom stereocenters. The van der Waals surface area contributed by atoms with Crippen LogP contribution in [0, 0.1) is 22.7 Å². The highest BCUT2D eigenvalue weighted by molar-refractivity contribution is 9.10. The van der Waals surface area contributed by atoms with Gasteiger partial charge in [-0.2, -0.15) is 0 Å². The van der Waals surface area contributed by atoms with Crippen LogP contribution in [0.3, 0.4) is 0 Å². The minimum Gasteiger partial charge on any atom is -0.451 e. The molecule has 164 valence electrons. The molecule has 0 aliphatic heterocycles. The second-order valence-electron chi connectivity index (χ2n) is 9.88. The molecule has 2 saturated carbocycles. The van der Waals surface area contributed by atoms with Gasteiger partial charge in [0.15, 0.2) is 17.2 Å². The number of carbonyl (C=O) groups excluding carboxylic acids is 3. The van der Waals surface area contributed by atoms with Gasteiger partial charge in [0.05, 0.1) is 4.32 Å². The molecule has 0 radical (unpaired) electrons. The number of rotatable bonds is 2. The molecule has 0 spiro atoms. The van der Waals surface area contributed by atoms with E-state index in [4.69, 9.17) is 16.3 Å². The number of alkyl halides is 2. The Kier molecular flexibility index (Phi) is 4.99. The molecule has 0 unspecified atom stereocenters. The van der Waals surface area contributed by atoms with Crippen molar-refractivity contribution in [3.05, 3.63) is 22.8 Å². The maximum Gasteiger partial charge on any atom is 0.303 e. The van der Waals surface area contributed by atoms with Crippen LogP contribution < -0.4 is 0 Å². The zero-order valence-electron chi connectivity index (χ0n) is 17.7. The van der Waals surface area contributed by atoms with Crippen LogP contribution in [0.2, 0.25) is 0 Å². The summed E-state index contributed by atoms with van der Waals surface area (Å²) < 4.78 is 21.0. The average molecular weight is 502 g/mol. The van der Waals surface area contributed by atoms with Gasteiger partial charge in [0.2, 0.25) is 0 Å². The van der Waals surface area contributed by atoms with Crippen LogP contribution in [0.15, 0.2) is 22.8 Å². The summed E-state index contributed by atoms with van der Waals surface area (Å²) in [4.78, 5) is 36.8. The van der Waals surface area contributed by atoms with Crippen LogP contribution in [-0.4, -0.2) is 33.6 Å². The van der Waals surface area contributed by atoms with E-state index >= 15 is 4.39 Å². The van der Waals surface area contributed by atoms with Crippen molar-refractivity contribution < 1.29 is 23.5 Å². The van der Waals surface area contributed by atoms with Crippen molar-refractivity contribution in [2.24, 2.45) is 22.7 Å². The number of fused-ring (bicyclic) bond motifs is 5. The number of carbonyl (C=O) groups is 3. The minimum absolute atomic E-state index is 0.00551. The molecule has 4 aliphatic rings. The summed E-state index contributed by atoms with van der Waals surface area (Å²) in [5.74, 6) is -1.16. The Morgan fingerprint density at radius 2 is 1.93 bits per heavy atom. The van der Waals surface area contributed by atoms with Crippen molar-refractivity contribution in [3.63, 3.8) is 0 Å². The monoisotopic (exact) mass is 500 g/mol. The van der Waals surface area contributed by atoms with E-state index in [0.717, 1.165) is 0 Å². The quantitative estimate of drug-likeness (QED) is 0.385. The van der Waals surface area contributed by atoms with Crippen molar-refractivity contribution in [1.82, 2.24) is 0 Å². The van der Waals surface area contributed by atoms with Crippen molar-refractivity contribution in [1.29, 1.82) is 0 Å². The summed E-state index contributed by atoms with van der Waals surface area (Å²) in [6.45, 7) is 6.59. The first-order chi connectivity index (χ1) is 13.8. The fourth-order valence-electron chi connectivity index (χ4n) is 7.07. The number of Topliss-reactive ketones (excluding diaryl/α,β-unsaturated/α-hetero) is 1. The number of ether oxygens (including phenoxy) is 1. The predicted molar refractivity (Wildman–Crippen MR) is 115 cm³/mol. The van der Waals surface area contributed by atoms with E-state index in [0.29, 0.717) is 36.3 Å². The molecule has 0 aromatic carbocycles. The predicted octanol–water partition coefficient (Wildman–Crippen LogP) is 5.22. The van der Waals surface area contributed by atoms with Gasteiger partial charge in [-0.3, -0.25) is 14.4 Å². The van der Waals surface area contributed by atoms with Gasteiger partial charge in [0, 0.05) is 35.1 Å². The van der Waals surface area contributed by atoms with Crippen LogP contribution in [-0.2, 0) is 19.1 Å². The highest BCUT2D eigenvalue weighted by Crippen LogP contribution is 2.72. The van der Waals surface area contributed by atoms with E-state index in [9.17, 15) is 14.4 Å². The van der Waals surface area contributed by atoms with Gasteiger partial charge in [-0.25, -0.2) is 4.39 Å². The molecule has 7 heteroatoms. The highest BCUT2D eigenvalue weighted by Gasteiger charge is 2.74. The lowest BCUT2D eigenvalue weighted by Crippen LogP contribution is -2.67. The summed E-state index contributed by atoms with van der Waals surface area (Å²) in [6, 6.07) is 0. The van der Waals surface area contributed by atoms with Crippen molar-refractivity contribution in [2.75, 3.05) is 0 Å². The molecule has 0 aromatic heterocycles. The third-order valence-electron chi connectivity index (χ3n) is 8.61. The Bertz CT molecular complexity index is 915. The molecule has 2 fully saturated rings. The number of ketones is 2. The third-order valence-corrected chi connectivity index (χ3v) is 10.8. The topological polar surface area (TPSA) is 60.4 Å². The molecule has 4 aliphatic carbocycles. The van der Waals surface area contributed by atoms with Gasteiger partial charge >= 0.3 is 5.97 Å². The Labute approximate surface area is 189 Å². The number of hydrogen-bond acceptors (Lipinski definition) is 4. The van der Waals surface area contributed by atoms with Gasteiger partial charge in [0.1, 0.15) is 6.17 Å². The zero-order chi connectivity index (χ0) is 22.3. The standard InChI is InChI=1S/C23H27BrClFO4/c1-12(27)22(30-13(2)28)8-6-15-16-10-18(25)17-9-14(29)5-7-20(17,3)23(16,24)19(26)11-21(15,22)4/h9-10,15-16,19H,5-8,11H2,1-4H3/t15-,16-,19-,20-,21-,22-,23-/m0/s1. The van der Waals surface area contributed by atoms with E-state index in [1.807, 2.05) is 19.9 Å². The SMILES string of the molecule is CC(=O)O[C@]1(C(C)=O)CC[C@H]2[C@@H]3C=C(Cl)C4=CC(=O)CC[C@]4(C)[C@@]3(Br)[C@@H](F)C[C@@]21C. The summed E-state index contributed by atoms with van der Waals surface area (Å²) in [5, 5.41) is 0.481. The highest BCUT2D eigenvalue weighted by atomic mass is 79.9. The average Bonchev–Trinajstić information content (AvgIpc) is 2.92. The zero-order valence-corrected chi connectivity index (χ0v) is 20.0. The van der Waals surface area contributed by atoms with Crippen molar-refractivity contribution >= 4 is 45.1 Å². The second-order valence-corrected chi connectivity index (χ2v) is 11.6. The number of hydrogen-bond donors (Lipinski definition) is 0. The van der Waals surface area contributed by atoms with Gasteiger partial charge < -0.3 is 4.74 Å². The Morgan fingerprint density at radius 1 is 1.27 bits per heavy atom. The summed E-state index contributed by atoms with van der Waals surface area (Å²) in [5.41, 5.74) is -2.14. The summed E-state index contributed by atoms with van der Waals surface area (Å²) >= 11 is 10.5. The van der Waals surface area contributed by atoms with Crippen LogP contribution in [0.25, 0.3) is 0 Å². The van der Waals surface area contributed by atoms with E-state index in [2.05, 4.69) is 15.9 Å². The van der Waals surface area contributed by atoms with Gasteiger partial charge in [-0.05, 0) is 50.2 Å². The van der Waals surface area contributed by atoms with E-state index in [-0.39, 0.29) is 29.8 Å². The molecule has 4 nitrogen and oxygen atoms in total. The maximum atomic E-state index is 16.3. The van der Waals surface area contributed by atoms with Gasteiger partial charge in [-0.15, -0.1) is 0 Å². The first kappa shape index (κ1) is 22.2. The molecular weight excluding hydrogens is 475 g/mol. The molecule has 0 saturated heterocycles. The Balaban J connectivity index is 1.90. The Morgan fingerprint density at radius 3 is 2.53 bits per heavy atom. The minimum atomic E-state index is -1.33. The molecular formula is C23H27BrClFO4. The van der Waals surface area contributed by atoms with Crippen LogP contribution in [0.4, 0.5) is 4.39 Å². The van der Waals surface area contributed by atoms with Gasteiger partial charge in [0.25, 0.3) is 0 Å². The second kappa shape index (κ2) is 6.74. The van der Waals surface area contributed by atoms with Crippen LogP contribution in [0.5, 0.6) is 0 Å². The van der Waals surface area contributed by atoms with Crippen LogP contribution >= 0.6 is 27.5 Å². The first-order valence-electron chi connectivity index (χ1n) is 10.5. The molecule has 0 bridgehead atoms. The van der Waals surface area contributed by atoms with E-state index < -0.39 is 32.9 Å². The molecule has 30 heavy (non-hydrogen) atoms. The maximum absolute atomic E-state index is 16.3. The van der Waals surface area contributed by atoms with E-state index in [1.54, 1.807) is 6.08 Å². The van der Waals surface area contributed by atoms with Crippen LogP contribution in [0.1, 0.15) is 59.8 Å². The van der Waals surface area contributed by atoms with Crippen molar-refractivity contribution in [3.8, 4) is 0 Å². The first-order valence-corrected chi connectivity index (χ1v) is 11.7. The lowest BCUT2D eigenvalue weighted by Gasteiger charge is -2.63. The molecule has 0 aromatic rings. The number of esters is 1. The summed E-state index contributed by atoms with van der Waals surface area (Å²) in [7, 11) is 0. The number of halogens is 3. The van der Waals surface area contributed by atoms with E-state index in [1.165, 1.54) is 13.8 Å². The number of allylic oxidation sites excluding steroid dienone is 4. The Hall–Kier alpha value is -1.01. The lowest BCUT2D eigenvalue weighted by atomic mass is 9.47. The molecule has 0 heterocycles. The summed E-state index contributed by atoms with van der Waals surface area (Å²) in [6.07, 6.45) is 4.06. The smallest absolute Gasteiger partial charge is 0.303 e. The molecule has 0 amide bonds. The normalized spacial score (nSPS) is 47.4. The fraction of sp³-hybridized carbons (Fsp3) is 0.696. The molecule has 4 rings (SSSR count).